The van der Waals surface area contributed by atoms with Crippen LogP contribution >= 0.6 is 0 Å². The third-order valence-electron chi connectivity index (χ3n) is 4.89. The molecule has 3 heterocycles. The Labute approximate surface area is 161 Å². The molecular weight excluding hydrogens is 340 g/mol. The van der Waals surface area contributed by atoms with Crippen LogP contribution in [0.4, 0.5) is 4.79 Å². The van der Waals surface area contributed by atoms with Gasteiger partial charge in [-0.3, -0.25) is 4.57 Å². The van der Waals surface area contributed by atoms with Crippen LogP contribution in [0.3, 0.4) is 0 Å². The van der Waals surface area contributed by atoms with Gasteiger partial charge >= 0.3 is 6.03 Å². The largest absolute Gasteiger partial charge is 0.334 e. The molecule has 0 saturated carbocycles. The molecule has 3 unspecified atom stereocenters. The Morgan fingerprint density at radius 1 is 1.30 bits per heavy atom. The summed E-state index contributed by atoms with van der Waals surface area (Å²) < 4.78 is 1.84. The predicted molar refractivity (Wildman–Crippen MR) is 106 cm³/mol. The number of hydrogen-bond acceptors (Lipinski definition) is 4. The van der Waals surface area contributed by atoms with E-state index in [-0.39, 0.29) is 12.1 Å². The fraction of sp³-hybridized carbons (Fsp3) is 0.550. The lowest BCUT2D eigenvalue weighted by molar-refractivity contribution is 0.131. The summed E-state index contributed by atoms with van der Waals surface area (Å²) in [5, 5.41) is 5.95. The molecule has 7 heteroatoms. The highest BCUT2D eigenvalue weighted by molar-refractivity contribution is 5.74. The molecule has 2 aromatic heterocycles. The number of carbonyl (C=O) groups excluding carboxylic acids is 1. The van der Waals surface area contributed by atoms with E-state index in [9.17, 15) is 4.79 Å². The highest BCUT2D eigenvalue weighted by Gasteiger charge is 2.23. The van der Waals surface area contributed by atoms with Crippen LogP contribution in [-0.2, 0) is 6.54 Å². The minimum Gasteiger partial charge on any atom is -0.334 e. The van der Waals surface area contributed by atoms with Crippen LogP contribution in [0.5, 0.6) is 0 Å². The smallest absolute Gasteiger partial charge is 0.315 e. The molecule has 1 aliphatic heterocycles. The lowest BCUT2D eigenvalue weighted by atomic mass is 9.92. The van der Waals surface area contributed by atoms with Crippen molar-refractivity contribution < 1.29 is 4.79 Å². The minimum atomic E-state index is -0.140. The Balaban J connectivity index is 1.41. The van der Waals surface area contributed by atoms with Gasteiger partial charge in [-0.1, -0.05) is 19.9 Å². The first-order valence-corrected chi connectivity index (χ1v) is 9.69. The van der Waals surface area contributed by atoms with Crippen molar-refractivity contribution in [3.63, 3.8) is 0 Å². The quantitative estimate of drug-likeness (QED) is 0.819. The SMILES string of the molecule is CC1CC(C)CN(CC(C)NC(=O)NCc2ccc(-n3ccnc3)nc2)C1. The Hall–Kier alpha value is -2.41. The number of likely N-dealkylation sites (tertiary alicyclic amines) is 1. The molecule has 1 saturated heterocycles. The van der Waals surface area contributed by atoms with Crippen molar-refractivity contribution in [1.29, 1.82) is 0 Å². The predicted octanol–water partition coefficient (Wildman–Crippen LogP) is 2.43. The Bertz CT molecular complexity index is 705. The molecule has 2 aromatic rings. The highest BCUT2D eigenvalue weighted by Crippen LogP contribution is 2.20. The van der Waals surface area contributed by atoms with E-state index in [0.29, 0.717) is 6.54 Å². The van der Waals surface area contributed by atoms with Gasteiger partial charge in [0.25, 0.3) is 0 Å². The van der Waals surface area contributed by atoms with Crippen molar-refractivity contribution >= 4 is 6.03 Å². The molecule has 1 aliphatic rings. The van der Waals surface area contributed by atoms with Gasteiger partial charge in [-0.15, -0.1) is 0 Å². The van der Waals surface area contributed by atoms with Crippen molar-refractivity contribution in [3.8, 4) is 5.82 Å². The number of carbonyl (C=O) groups is 1. The first-order valence-electron chi connectivity index (χ1n) is 9.69. The topological polar surface area (TPSA) is 75.1 Å². The van der Waals surface area contributed by atoms with E-state index < -0.39 is 0 Å². The van der Waals surface area contributed by atoms with E-state index >= 15 is 0 Å². The fourth-order valence-corrected chi connectivity index (χ4v) is 3.90. The summed E-state index contributed by atoms with van der Waals surface area (Å²) in [6.07, 6.45) is 8.34. The van der Waals surface area contributed by atoms with E-state index in [1.165, 1.54) is 6.42 Å². The number of piperidine rings is 1. The number of aromatic nitrogens is 3. The maximum atomic E-state index is 12.2. The second-order valence-corrected chi connectivity index (χ2v) is 7.89. The van der Waals surface area contributed by atoms with Gasteiger partial charge in [0, 0.05) is 50.8 Å². The molecule has 1 fully saturated rings. The second kappa shape index (κ2) is 8.99. The molecule has 27 heavy (non-hydrogen) atoms. The Morgan fingerprint density at radius 2 is 2.07 bits per heavy atom. The van der Waals surface area contributed by atoms with E-state index in [4.69, 9.17) is 0 Å². The molecule has 0 bridgehead atoms. The van der Waals surface area contributed by atoms with Crippen molar-refractivity contribution in [1.82, 2.24) is 30.1 Å². The maximum absolute atomic E-state index is 12.2. The van der Waals surface area contributed by atoms with Crippen LogP contribution < -0.4 is 10.6 Å². The fourth-order valence-electron chi connectivity index (χ4n) is 3.90. The zero-order valence-electron chi connectivity index (χ0n) is 16.4. The van der Waals surface area contributed by atoms with Gasteiger partial charge in [0.15, 0.2) is 0 Å². The summed E-state index contributed by atoms with van der Waals surface area (Å²) in [6.45, 7) is 10.3. The molecule has 0 aliphatic carbocycles. The average molecular weight is 371 g/mol. The molecule has 3 rings (SSSR count). The van der Waals surface area contributed by atoms with Crippen LogP contribution in [-0.4, -0.2) is 51.1 Å². The summed E-state index contributed by atoms with van der Waals surface area (Å²) in [5.74, 6) is 2.26. The number of amides is 2. The van der Waals surface area contributed by atoms with Crippen LogP contribution in [0, 0.1) is 11.8 Å². The average Bonchev–Trinajstić information content (AvgIpc) is 3.14. The number of nitrogens with zero attached hydrogens (tertiary/aromatic N) is 4. The summed E-state index contributed by atoms with van der Waals surface area (Å²) in [5.41, 5.74) is 0.959. The number of imidazole rings is 1. The van der Waals surface area contributed by atoms with Gasteiger partial charge in [-0.05, 0) is 36.8 Å². The van der Waals surface area contributed by atoms with Gasteiger partial charge in [0.2, 0.25) is 0 Å². The minimum absolute atomic E-state index is 0.115. The molecule has 2 N–H and O–H groups in total. The number of urea groups is 1. The normalized spacial score (nSPS) is 21.6. The molecule has 0 aromatic carbocycles. The lowest BCUT2D eigenvalue weighted by Gasteiger charge is -2.36. The molecule has 146 valence electrons. The van der Waals surface area contributed by atoms with Gasteiger partial charge in [0.1, 0.15) is 12.1 Å². The van der Waals surface area contributed by atoms with E-state index in [1.807, 2.05) is 22.9 Å². The van der Waals surface area contributed by atoms with Crippen molar-refractivity contribution in [2.75, 3.05) is 19.6 Å². The van der Waals surface area contributed by atoms with E-state index in [0.717, 1.165) is 42.9 Å². The maximum Gasteiger partial charge on any atom is 0.315 e. The first kappa shape index (κ1) is 19.4. The summed E-state index contributed by atoms with van der Waals surface area (Å²) in [6, 6.07) is 3.85. The van der Waals surface area contributed by atoms with Crippen LogP contribution in [0.1, 0.15) is 32.8 Å². The Kier molecular flexibility index (Phi) is 6.45. The first-order chi connectivity index (χ1) is 13.0. The molecule has 0 radical (unpaired) electrons. The van der Waals surface area contributed by atoms with Crippen molar-refractivity contribution in [2.45, 2.75) is 39.8 Å². The molecule has 0 spiro atoms. The van der Waals surface area contributed by atoms with Crippen molar-refractivity contribution in [2.24, 2.45) is 11.8 Å². The highest BCUT2D eigenvalue weighted by atomic mass is 16.2. The van der Waals surface area contributed by atoms with Gasteiger partial charge in [0.05, 0.1) is 0 Å². The van der Waals surface area contributed by atoms with Crippen LogP contribution in [0.25, 0.3) is 5.82 Å². The van der Waals surface area contributed by atoms with E-state index in [1.54, 1.807) is 18.7 Å². The zero-order valence-corrected chi connectivity index (χ0v) is 16.4. The standard InChI is InChI=1S/C20H30N6O/c1-15-8-16(2)12-25(11-15)13-17(3)24-20(27)23-10-18-4-5-19(22-9-18)26-7-6-21-14-26/h4-7,9,14-17H,8,10-13H2,1-3H3,(H2,23,24,27). The third-order valence-corrected chi connectivity index (χ3v) is 4.89. The monoisotopic (exact) mass is 370 g/mol. The summed E-state index contributed by atoms with van der Waals surface area (Å²) in [7, 11) is 0. The van der Waals surface area contributed by atoms with Crippen molar-refractivity contribution in [3.05, 3.63) is 42.6 Å². The number of nitrogens with one attached hydrogen (secondary N) is 2. The molecule has 3 atom stereocenters. The van der Waals surface area contributed by atoms with Gasteiger partial charge in [-0.25, -0.2) is 14.8 Å². The molecule has 7 nitrogen and oxygen atoms in total. The van der Waals surface area contributed by atoms with Crippen LogP contribution in [0.15, 0.2) is 37.1 Å². The molecule has 2 amide bonds. The van der Waals surface area contributed by atoms with Crippen LogP contribution in [0.2, 0.25) is 0 Å². The number of hydrogen-bond donors (Lipinski definition) is 2. The van der Waals surface area contributed by atoms with E-state index in [2.05, 4.69) is 46.3 Å². The summed E-state index contributed by atoms with van der Waals surface area (Å²) in [4.78, 5) is 23.0. The number of rotatable bonds is 6. The Morgan fingerprint density at radius 3 is 2.70 bits per heavy atom. The zero-order chi connectivity index (χ0) is 19.2. The summed E-state index contributed by atoms with van der Waals surface area (Å²) >= 11 is 0. The molecular formula is C20H30N6O. The third kappa shape index (κ3) is 5.79. The number of pyridine rings is 1. The lowest BCUT2D eigenvalue weighted by Crippen LogP contribution is -2.49. The second-order valence-electron chi connectivity index (χ2n) is 7.89. The van der Waals surface area contributed by atoms with Gasteiger partial charge < -0.3 is 15.5 Å². The van der Waals surface area contributed by atoms with Gasteiger partial charge in [-0.2, -0.15) is 0 Å².